The second-order valence-corrected chi connectivity index (χ2v) is 2.27. The molecular weight excluding hydrogens is 145 g/mol. The predicted octanol–water partition coefficient (Wildman–Crippen LogP) is 0.853. The lowest BCUT2D eigenvalue weighted by molar-refractivity contribution is -0.117. The molecule has 3 heteroatoms. The monoisotopic (exact) mass is 153 g/mol. The zero-order valence-electron chi connectivity index (χ0n) is 5.88. The highest BCUT2D eigenvalue weighted by Crippen LogP contribution is 2.03. The first-order chi connectivity index (χ1) is 5.18. The summed E-state index contributed by atoms with van der Waals surface area (Å²) >= 11 is 0. The number of amides is 1. The molecule has 2 nitrogen and oxygen atoms in total. The van der Waals surface area contributed by atoms with Crippen LogP contribution in [0.2, 0.25) is 0 Å². The predicted molar refractivity (Wildman–Crippen MR) is 39.3 cm³/mol. The van der Waals surface area contributed by atoms with Gasteiger partial charge in [0.15, 0.2) is 0 Å². The van der Waals surface area contributed by atoms with Crippen molar-refractivity contribution in [2.24, 2.45) is 5.73 Å². The van der Waals surface area contributed by atoms with Crippen molar-refractivity contribution in [2.45, 2.75) is 6.42 Å². The summed E-state index contributed by atoms with van der Waals surface area (Å²) in [5.74, 6) is -0.792. The normalized spacial score (nSPS) is 9.55. The fraction of sp³-hybridized carbons (Fsp3) is 0.125. The van der Waals surface area contributed by atoms with Gasteiger partial charge in [-0.1, -0.05) is 12.1 Å². The molecule has 0 atom stereocenters. The SMILES string of the molecule is NC(=O)Cc1cccc(F)c1. The summed E-state index contributed by atoms with van der Waals surface area (Å²) in [5.41, 5.74) is 5.52. The van der Waals surface area contributed by atoms with Crippen LogP contribution in [-0.4, -0.2) is 5.91 Å². The molecular formula is C8H8FNO. The molecule has 1 aromatic carbocycles. The lowest BCUT2D eigenvalue weighted by Gasteiger charge is -1.95. The second kappa shape index (κ2) is 3.14. The van der Waals surface area contributed by atoms with E-state index in [1.54, 1.807) is 12.1 Å². The van der Waals surface area contributed by atoms with E-state index in [1.165, 1.54) is 12.1 Å². The van der Waals surface area contributed by atoms with Crippen molar-refractivity contribution in [2.75, 3.05) is 0 Å². The van der Waals surface area contributed by atoms with Crippen LogP contribution in [0.15, 0.2) is 24.3 Å². The summed E-state index contributed by atoms with van der Waals surface area (Å²) in [4.78, 5) is 10.4. The Labute approximate surface area is 63.8 Å². The van der Waals surface area contributed by atoms with Gasteiger partial charge >= 0.3 is 0 Å². The molecule has 1 aromatic rings. The molecule has 0 radical (unpaired) electrons. The van der Waals surface area contributed by atoms with Crippen LogP contribution >= 0.6 is 0 Å². The molecule has 0 aliphatic heterocycles. The van der Waals surface area contributed by atoms with Crippen LogP contribution in [0.25, 0.3) is 0 Å². The number of halogens is 1. The third kappa shape index (κ3) is 2.37. The summed E-state index contributed by atoms with van der Waals surface area (Å²) < 4.78 is 12.5. The molecule has 0 unspecified atom stereocenters. The number of rotatable bonds is 2. The van der Waals surface area contributed by atoms with Crippen LogP contribution in [0.5, 0.6) is 0 Å². The number of carbonyl (C=O) groups excluding carboxylic acids is 1. The van der Waals surface area contributed by atoms with Crippen molar-refractivity contribution in [3.05, 3.63) is 35.6 Å². The van der Waals surface area contributed by atoms with Crippen molar-refractivity contribution >= 4 is 5.91 Å². The van der Waals surface area contributed by atoms with Crippen LogP contribution in [-0.2, 0) is 11.2 Å². The van der Waals surface area contributed by atoms with E-state index >= 15 is 0 Å². The second-order valence-electron chi connectivity index (χ2n) is 2.27. The first kappa shape index (κ1) is 7.72. The number of hydrogen-bond donors (Lipinski definition) is 1. The minimum Gasteiger partial charge on any atom is -0.369 e. The highest BCUT2D eigenvalue weighted by atomic mass is 19.1. The van der Waals surface area contributed by atoms with Gasteiger partial charge in [-0.15, -0.1) is 0 Å². The van der Waals surface area contributed by atoms with Crippen molar-refractivity contribution in [3.63, 3.8) is 0 Å². The van der Waals surface area contributed by atoms with E-state index in [-0.39, 0.29) is 12.2 Å². The van der Waals surface area contributed by atoms with Crippen LogP contribution in [0, 0.1) is 5.82 Å². The maximum absolute atomic E-state index is 12.5. The van der Waals surface area contributed by atoms with Crippen molar-refractivity contribution < 1.29 is 9.18 Å². The van der Waals surface area contributed by atoms with E-state index in [4.69, 9.17) is 5.73 Å². The van der Waals surface area contributed by atoms with Gasteiger partial charge in [0.1, 0.15) is 5.82 Å². The molecule has 0 aliphatic carbocycles. The molecule has 0 heterocycles. The van der Waals surface area contributed by atoms with Crippen molar-refractivity contribution in [1.29, 1.82) is 0 Å². The van der Waals surface area contributed by atoms with E-state index in [0.29, 0.717) is 5.56 Å². The zero-order valence-corrected chi connectivity index (χ0v) is 5.88. The van der Waals surface area contributed by atoms with Crippen molar-refractivity contribution in [3.8, 4) is 0 Å². The largest absolute Gasteiger partial charge is 0.369 e. The van der Waals surface area contributed by atoms with Gasteiger partial charge in [-0.25, -0.2) is 4.39 Å². The summed E-state index contributed by atoms with van der Waals surface area (Å²) in [6, 6.07) is 5.83. The van der Waals surface area contributed by atoms with E-state index < -0.39 is 5.91 Å². The lowest BCUT2D eigenvalue weighted by Crippen LogP contribution is -2.13. The third-order valence-corrected chi connectivity index (χ3v) is 1.27. The van der Waals surface area contributed by atoms with Gasteiger partial charge in [0.25, 0.3) is 0 Å². The maximum Gasteiger partial charge on any atom is 0.221 e. The number of hydrogen-bond acceptors (Lipinski definition) is 1. The number of carbonyl (C=O) groups is 1. The molecule has 0 fully saturated rings. The summed E-state index contributed by atoms with van der Waals surface area (Å²) in [7, 11) is 0. The highest BCUT2D eigenvalue weighted by Gasteiger charge is 1.98. The molecule has 0 saturated carbocycles. The van der Waals surface area contributed by atoms with Crippen molar-refractivity contribution in [1.82, 2.24) is 0 Å². The molecule has 1 amide bonds. The first-order valence-corrected chi connectivity index (χ1v) is 3.21. The van der Waals surface area contributed by atoms with E-state index in [9.17, 15) is 9.18 Å². The van der Waals surface area contributed by atoms with E-state index in [1.807, 2.05) is 0 Å². The Morgan fingerprint density at radius 1 is 1.55 bits per heavy atom. The van der Waals surface area contributed by atoms with Gasteiger partial charge in [0.05, 0.1) is 6.42 Å². The van der Waals surface area contributed by atoms with Gasteiger partial charge in [0, 0.05) is 0 Å². The average molecular weight is 153 g/mol. The highest BCUT2D eigenvalue weighted by molar-refractivity contribution is 5.76. The number of nitrogens with two attached hydrogens (primary N) is 1. The van der Waals surface area contributed by atoms with E-state index in [2.05, 4.69) is 0 Å². The summed E-state index contributed by atoms with van der Waals surface area (Å²) in [6.45, 7) is 0. The van der Waals surface area contributed by atoms with E-state index in [0.717, 1.165) is 0 Å². The van der Waals surface area contributed by atoms with Gasteiger partial charge in [0.2, 0.25) is 5.91 Å². The molecule has 0 bridgehead atoms. The molecule has 2 N–H and O–H groups in total. The fourth-order valence-electron chi connectivity index (χ4n) is 0.848. The summed E-state index contributed by atoms with van der Waals surface area (Å²) in [6.07, 6.45) is 0.0950. The van der Waals surface area contributed by atoms with Crippen LogP contribution in [0.4, 0.5) is 4.39 Å². The van der Waals surface area contributed by atoms with Gasteiger partial charge in [-0.3, -0.25) is 4.79 Å². The standard InChI is InChI=1S/C8H8FNO/c9-7-3-1-2-6(4-7)5-8(10)11/h1-4H,5H2,(H2,10,11). The van der Waals surface area contributed by atoms with Crippen LogP contribution < -0.4 is 5.73 Å². The van der Waals surface area contributed by atoms with Crippen LogP contribution in [0.1, 0.15) is 5.56 Å². The Morgan fingerprint density at radius 3 is 2.82 bits per heavy atom. The molecule has 0 spiro atoms. The Bertz CT molecular complexity index is 273. The third-order valence-electron chi connectivity index (χ3n) is 1.27. The Hall–Kier alpha value is -1.38. The molecule has 0 saturated heterocycles. The molecule has 0 aromatic heterocycles. The zero-order chi connectivity index (χ0) is 8.27. The molecule has 1 rings (SSSR count). The molecule has 11 heavy (non-hydrogen) atoms. The minimum atomic E-state index is -0.449. The van der Waals surface area contributed by atoms with Gasteiger partial charge in [-0.2, -0.15) is 0 Å². The first-order valence-electron chi connectivity index (χ1n) is 3.21. The fourth-order valence-corrected chi connectivity index (χ4v) is 0.848. The minimum absolute atomic E-state index is 0.0950. The quantitative estimate of drug-likeness (QED) is 0.672. The average Bonchev–Trinajstić information content (AvgIpc) is 1.85. The summed E-state index contributed by atoms with van der Waals surface area (Å²) in [5, 5.41) is 0. The molecule has 58 valence electrons. The Balaban J connectivity index is 2.79. The lowest BCUT2D eigenvalue weighted by atomic mass is 10.1. The smallest absolute Gasteiger partial charge is 0.221 e. The Kier molecular flexibility index (Phi) is 2.21. The maximum atomic E-state index is 12.5. The topological polar surface area (TPSA) is 43.1 Å². The number of primary amides is 1. The Morgan fingerprint density at radius 2 is 2.27 bits per heavy atom. The number of benzene rings is 1. The van der Waals surface area contributed by atoms with Gasteiger partial charge in [-0.05, 0) is 17.7 Å². The molecule has 0 aliphatic rings. The van der Waals surface area contributed by atoms with Gasteiger partial charge < -0.3 is 5.73 Å². The van der Waals surface area contributed by atoms with Crippen LogP contribution in [0.3, 0.4) is 0 Å².